The third kappa shape index (κ3) is 11.5. The standard InChI is InChI=1S/C76H62O34/c1-21-31(79)17-35(83)52-57(74(110-76(104)28-15-47(95)63(101)48(96)16-28)69(105-65(21)52)26-11-43(91)61(99)44(92)12-26)54-39(87)19-36(84)50-56(64(102)67(107-71(50)54)25-9-41(89)60(98)42(90)10-25)51-37(85)20-40(88)55-58(53-38(86)18-34(82)49-22(2)59(97)66(106-70(49)53)23-3-5-29(77)32(80)7-23)73(109-75(103)27-13-45(93)62(100)46(94)14-27)68(108-72(51)55)24-4-6-30(78)33(81)8-24/h3-20,22,56-59,64,66-69,73-74,77-102H,1-2H3. The summed E-state index contributed by atoms with van der Waals surface area (Å²) in [6.07, 6.45) is -17.2. The molecule has 0 bridgehead atoms. The molecule has 0 saturated heterocycles. The Hall–Kier alpha value is -14.5. The van der Waals surface area contributed by atoms with Gasteiger partial charge in [0.15, 0.2) is 129 Å². The lowest BCUT2D eigenvalue weighted by atomic mass is 9.71. The maximum absolute atomic E-state index is 15.1. The molecular weight excluding hydrogens is 1460 g/mol. The summed E-state index contributed by atoms with van der Waals surface area (Å²) in [5.74, 6) is -39.2. The first-order valence-corrected chi connectivity index (χ1v) is 32.8. The van der Waals surface area contributed by atoms with Crippen molar-refractivity contribution in [3.63, 3.8) is 0 Å². The van der Waals surface area contributed by atoms with Crippen LogP contribution in [0.3, 0.4) is 0 Å². The van der Waals surface area contributed by atoms with Crippen LogP contribution in [0, 0.1) is 6.92 Å². The molecule has 0 saturated carbocycles. The van der Waals surface area contributed by atoms with Crippen LogP contribution in [-0.4, -0.2) is 169 Å². The lowest BCUT2D eigenvalue weighted by molar-refractivity contribution is -0.0315. The first kappa shape index (κ1) is 72.4. The van der Waals surface area contributed by atoms with Gasteiger partial charge in [-0.2, -0.15) is 0 Å². The van der Waals surface area contributed by atoms with Crippen molar-refractivity contribution in [1.82, 2.24) is 0 Å². The van der Waals surface area contributed by atoms with Gasteiger partial charge >= 0.3 is 11.9 Å². The number of ether oxygens (including phenoxy) is 6. The van der Waals surface area contributed by atoms with E-state index in [4.69, 9.17) is 28.4 Å². The molecule has 12 atom stereocenters. The van der Waals surface area contributed by atoms with Crippen LogP contribution in [-0.2, 0) is 9.47 Å². The van der Waals surface area contributed by atoms with E-state index in [0.29, 0.717) is 36.4 Å². The predicted molar refractivity (Wildman–Crippen MR) is 367 cm³/mol. The molecule has 0 fully saturated rings. The molecule has 0 amide bonds. The first-order valence-electron chi connectivity index (χ1n) is 32.8. The van der Waals surface area contributed by atoms with Crippen molar-refractivity contribution < 1.29 is 171 Å². The fraction of sp³-hybridized carbons (Fsp3) is 0.184. The molecule has 14 rings (SSSR count). The minimum atomic E-state index is -2.55. The Balaban J connectivity index is 1.10. The van der Waals surface area contributed by atoms with Crippen LogP contribution in [0.5, 0.6) is 161 Å². The minimum Gasteiger partial charge on any atom is -0.507 e. The van der Waals surface area contributed by atoms with E-state index >= 15 is 4.79 Å². The number of hydrogen-bond acceptors (Lipinski definition) is 34. The highest BCUT2D eigenvalue weighted by Crippen LogP contribution is 2.67. The molecule has 34 heteroatoms. The van der Waals surface area contributed by atoms with Crippen molar-refractivity contribution in [1.29, 1.82) is 0 Å². The molecule has 26 N–H and O–H groups in total. The van der Waals surface area contributed by atoms with Crippen LogP contribution in [0.15, 0.2) is 109 Å². The van der Waals surface area contributed by atoms with Gasteiger partial charge in [0.05, 0.1) is 28.9 Å². The van der Waals surface area contributed by atoms with Gasteiger partial charge in [-0.15, -0.1) is 0 Å². The zero-order chi connectivity index (χ0) is 79.3. The topological polar surface area (TPSA) is 616 Å². The number of aliphatic hydroxyl groups is 2. The third-order valence-electron chi connectivity index (χ3n) is 20.1. The van der Waals surface area contributed by atoms with E-state index in [1.807, 2.05) is 0 Å². The molecule has 10 aromatic carbocycles. The highest BCUT2D eigenvalue weighted by Gasteiger charge is 2.56. The summed E-state index contributed by atoms with van der Waals surface area (Å²) < 4.78 is 39.3. The van der Waals surface area contributed by atoms with Gasteiger partial charge in [0.25, 0.3) is 0 Å². The molecule has 0 aliphatic carbocycles. The molecule has 4 aliphatic heterocycles. The number of aliphatic hydroxyl groups excluding tert-OH is 2. The summed E-state index contributed by atoms with van der Waals surface area (Å²) in [5.41, 5.74) is -8.31. The van der Waals surface area contributed by atoms with Crippen LogP contribution >= 0.6 is 0 Å². The van der Waals surface area contributed by atoms with Crippen molar-refractivity contribution >= 4 is 11.9 Å². The zero-order valence-corrected chi connectivity index (χ0v) is 56.2. The number of hydrogen-bond donors (Lipinski definition) is 26. The summed E-state index contributed by atoms with van der Waals surface area (Å²) in [4.78, 5) is 29.9. The molecule has 10 aromatic rings. The van der Waals surface area contributed by atoms with E-state index in [9.17, 15) is 138 Å². The quantitative estimate of drug-likeness (QED) is 0.0429. The van der Waals surface area contributed by atoms with E-state index in [2.05, 4.69) is 0 Å². The normalized spacial score (nSPS) is 21.6. The summed E-state index contributed by atoms with van der Waals surface area (Å²) in [7, 11) is 0. The second kappa shape index (κ2) is 26.2. The Morgan fingerprint density at radius 2 is 0.555 bits per heavy atom. The maximum atomic E-state index is 15.1. The van der Waals surface area contributed by atoms with Crippen molar-refractivity contribution in [2.75, 3.05) is 0 Å². The number of rotatable bonds is 11. The van der Waals surface area contributed by atoms with E-state index < -0.39 is 301 Å². The van der Waals surface area contributed by atoms with E-state index in [0.717, 1.165) is 66.7 Å². The van der Waals surface area contributed by atoms with Gasteiger partial charge in [-0.1, -0.05) is 19.1 Å². The SMILES string of the molecule is Cc1c(O)cc(O)c2c1OC(c1cc(O)c(O)c(O)c1)C(OC(=O)c1cc(O)c(O)c(O)c1)C2c1c(O)cc(O)c2c1OC(c1cc(O)c(O)c(O)c1)C(O)C2c1c(O)cc(O)c2c1OC(c1ccc(O)c(O)c1)C(OC(=O)c1cc(O)c(O)c(O)c1)C2c1c(O)cc(O)c2c1OC(c1ccc(O)c(O)c1)C(O)C2C. The van der Waals surface area contributed by atoms with Crippen LogP contribution in [0.1, 0.15) is 142 Å². The van der Waals surface area contributed by atoms with E-state index in [1.54, 1.807) is 0 Å². The van der Waals surface area contributed by atoms with Gasteiger partial charge in [-0.25, -0.2) is 9.59 Å². The second-order valence-corrected chi connectivity index (χ2v) is 26.6. The Kier molecular flexibility index (Phi) is 17.2. The molecule has 0 aromatic heterocycles. The number of phenols is 24. The minimum absolute atomic E-state index is 0.0827. The molecule has 0 spiro atoms. The van der Waals surface area contributed by atoms with Gasteiger partial charge in [-0.05, 0) is 85.3 Å². The van der Waals surface area contributed by atoms with E-state index in [-0.39, 0.29) is 22.3 Å². The number of benzene rings is 10. The largest absolute Gasteiger partial charge is 0.507 e. The Morgan fingerprint density at radius 1 is 0.282 bits per heavy atom. The van der Waals surface area contributed by atoms with Crippen molar-refractivity contribution in [3.05, 3.63) is 187 Å². The average Bonchev–Trinajstić information content (AvgIpc) is 0.702. The van der Waals surface area contributed by atoms with Crippen molar-refractivity contribution in [2.45, 2.75) is 86.4 Å². The Bertz CT molecular complexity index is 5470. The lowest BCUT2D eigenvalue weighted by Gasteiger charge is -2.45. The van der Waals surface area contributed by atoms with Gasteiger partial charge in [0.1, 0.15) is 81.2 Å². The number of aromatic hydroxyl groups is 24. The summed E-state index contributed by atoms with van der Waals surface area (Å²) in [6.45, 7) is 2.60. The van der Waals surface area contributed by atoms with Crippen LogP contribution in [0.25, 0.3) is 0 Å². The second-order valence-electron chi connectivity index (χ2n) is 26.6. The third-order valence-corrected chi connectivity index (χ3v) is 20.1. The van der Waals surface area contributed by atoms with Gasteiger partial charge in [-0.3, -0.25) is 0 Å². The highest BCUT2D eigenvalue weighted by molar-refractivity contribution is 5.92. The first-order chi connectivity index (χ1) is 52.0. The number of carbonyl (C=O) groups is 2. The molecule has 4 aliphatic rings. The lowest BCUT2D eigenvalue weighted by Crippen LogP contribution is -2.42. The van der Waals surface area contributed by atoms with Gasteiger partial charge in [0.2, 0.25) is 0 Å². The smallest absolute Gasteiger partial charge is 0.338 e. The Morgan fingerprint density at radius 3 is 0.936 bits per heavy atom. The fourth-order valence-corrected chi connectivity index (χ4v) is 14.8. The average molecular weight is 1520 g/mol. The van der Waals surface area contributed by atoms with Crippen molar-refractivity contribution in [3.8, 4) is 161 Å². The summed E-state index contributed by atoms with van der Waals surface area (Å²) in [5, 5.41) is 299. The molecule has 110 heavy (non-hydrogen) atoms. The summed E-state index contributed by atoms with van der Waals surface area (Å²) >= 11 is 0. The Labute approximate surface area is 614 Å². The number of carbonyl (C=O) groups excluding carboxylic acids is 2. The number of phenolic OH excluding ortho intramolecular Hbond substituents is 24. The molecule has 4 heterocycles. The van der Waals surface area contributed by atoms with Crippen LogP contribution in [0.4, 0.5) is 0 Å². The predicted octanol–water partition coefficient (Wildman–Crippen LogP) is 8.14. The van der Waals surface area contributed by atoms with Gasteiger partial charge in [0, 0.05) is 91.4 Å². The van der Waals surface area contributed by atoms with Crippen LogP contribution < -0.4 is 18.9 Å². The fourth-order valence-electron chi connectivity index (χ4n) is 14.8. The molecule has 34 nitrogen and oxygen atoms in total. The van der Waals surface area contributed by atoms with Crippen molar-refractivity contribution in [2.24, 2.45) is 0 Å². The monoisotopic (exact) mass is 1520 g/mol. The molecule has 0 radical (unpaired) electrons. The molecule has 570 valence electrons. The zero-order valence-electron chi connectivity index (χ0n) is 56.2. The highest BCUT2D eigenvalue weighted by atomic mass is 16.6. The van der Waals surface area contributed by atoms with E-state index in [1.165, 1.54) is 19.9 Å². The molecule has 12 unspecified atom stereocenters. The maximum Gasteiger partial charge on any atom is 0.338 e. The summed E-state index contributed by atoms with van der Waals surface area (Å²) in [6, 6.07) is 14.1. The number of esters is 2. The van der Waals surface area contributed by atoms with Gasteiger partial charge < -0.3 is 161 Å². The number of fused-ring (bicyclic) bond motifs is 4. The van der Waals surface area contributed by atoms with Crippen LogP contribution in [0.2, 0.25) is 0 Å². The molecular formula is C76H62O34.